The van der Waals surface area contributed by atoms with E-state index in [1.165, 1.54) is 0 Å². The Morgan fingerprint density at radius 1 is 0.947 bits per heavy atom. The van der Waals surface area contributed by atoms with Crippen LogP contribution in [0.2, 0.25) is 0 Å². The Kier molecular flexibility index (Phi) is 8.00. The third kappa shape index (κ3) is 7.81. The average molecular weight is 268 g/mol. The Balaban J connectivity index is 3.90. The SMILES string of the molecule is C=C(C)C(=O)OCCOC(=CC)COC(=O)C(=C)C. The zero-order valence-corrected chi connectivity index (χ0v) is 11.7. The Hall–Kier alpha value is -2.04. The maximum atomic E-state index is 11.2. The molecule has 0 aromatic carbocycles. The number of allylic oxidation sites excluding steroid dienone is 1. The van der Waals surface area contributed by atoms with Crippen molar-refractivity contribution in [3.05, 3.63) is 36.1 Å². The molecule has 0 radical (unpaired) electrons. The Bertz CT molecular complexity index is 393. The second-order valence-electron chi connectivity index (χ2n) is 3.88. The minimum Gasteiger partial charge on any atom is -0.491 e. The van der Waals surface area contributed by atoms with Crippen molar-refractivity contribution in [1.29, 1.82) is 0 Å². The van der Waals surface area contributed by atoms with Gasteiger partial charge in [-0.15, -0.1) is 0 Å². The number of hydrogen-bond donors (Lipinski definition) is 0. The molecule has 0 N–H and O–H groups in total. The molecule has 19 heavy (non-hydrogen) atoms. The van der Waals surface area contributed by atoms with Gasteiger partial charge in [0.25, 0.3) is 0 Å². The van der Waals surface area contributed by atoms with Gasteiger partial charge < -0.3 is 14.2 Å². The molecule has 5 nitrogen and oxygen atoms in total. The molecule has 0 amide bonds. The first-order valence-corrected chi connectivity index (χ1v) is 5.81. The monoisotopic (exact) mass is 268 g/mol. The molecule has 0 aromatic heterocycles. The van der Waals surface area contributed by atoms with E-state index in [2.05, 4.69) is 13.2 Å². The topological polar surface area (TPSA) is 61.8 Å². The lowest BCUT2D eigenvalue weighted by Crippen LogP contribution is -2.14. The summed E-state index contributed by atoms with van der Waals surface area (Å²) in [6, 6.07) is 0. The van der Waals surface area contributed by atoms with Crippen LogP contribution in [0.3, 0.4) is 0 Å². The molecular weight excluding hydrogens is 248 g/mol. The van der Waals surface area contributed by atoms with Crippen molar-refractivity contribution in [2.45, 2.75) is 20.8 Å². The number of hydrogen-bond acceptors (Lipinski definition) is 5. The number of carbonyl (C=O) groups excluding carboxylic acids is 2. The van der Waals surface area contributed by atoms with Gasteiger partial charge in [-0.25, -0.2) is 9.59 Å². The second-order valence-corrected chi connectivity index (χ2v) is 3.88. The smallest absolute Gasteiger partial charge is 0.333 e. The van der Waals surface area contributed by atoms with Crippen LogP contribution in [0, 0.1) is 0 Å². The third-order valence-electron chi connectivity index (χ3n) is 1.97. The summed E-state index contributed by atoms with van der Waals surface area (Å²) >= 11 is 0. The number of ether oxygens (including phenoxy) is 3. The Morgan fingerprint density at radius 3 is 1.89 bits per heavy atom. The van der Waals surface area contributed by atoms with Gasteiger partial charge in [-0.2, -0.15) is 0 Å². The van der Waals surface area contributed by atoms with E-state index < -0.39 is 11.9 Å². The van der Waals surface area contributed by atoms with Crippen LogP contribution < -0.4 is 0 Å². The van der Waals surface area contributed by atoms with Crippen molar-refractivity contribution in [3.8, 4) is 0 Å². The highest BCUT2D eigenvalue weighted by Gasteiger charge is 2.06. The van der Waals surface area contributed by atoms with Gasteiger partial charge in [-0.1, -0.05) is 13.2 Å². The fourth-order valence-corrected chi connectivity index (χ4v) is 0.899. The molecule has 0 bridgehead atoms. The summed E-state index contributed by atoms with van der Waals surface area (Å²) in [5, 5.41) is 0. The molecule has 0 rings (SSSR count). The van der Waals surface area contributed by atoms with Gasteiger partial charge in [0.1, 0.15) is 25.6 Å². The van der Waals surface area contributed by atoms with E-state index in [0.29, 0.717) is 16.9 Å². The van der Waals surface area contributed by atoms with Gasteiger partial charge in [0.05, 0.1) is 0 Å². The van der Waals surface area contributed by atoms with E-state index in [-0.39, 0.29) is 19.8 Å². The van der Waals surface area contributed by atoms with Crippen LogP contribution in [0.4, 0.5) is 0 Å². The molecule has 0 heterocycles. The molecule has 0 atom stereocenters. The molecule has 0 saturated heterocycles. The molecule has 0 fully saturated rings. The summed E-state index contributed by atoms with van der Waals surface area (Å²) in [4.78, 5) is 22.2. The Labute approximate surface area is 113 Å². The lowest BCUT2D eigenvalue weighted by molar-refractivity contribution is -0.140. The van der Waals surface area contributed by atoms with Crippen LogP contribution in [0.15, 0.2) is 36.1 Å². The first-order chi connectivity index (χ1) is 8.88. The minimum absolute atomic E-state index is 0.0244. The van der Waals surface area contributed by atoms with Crippen LogP contribution >= 0.6 is 0 Å². The highest BCUT2D eigenvalue weighted by molar-refractivity contribution is 5.87. The number of esters is 2. The zero-order valence-electron chi connectivity index (χ0n) is 11.7. The van der Waals surface area contributed by atoms with E-state index >= 15 is 0 Å². The Morgan fingerprint density at radius 2 is 1.42 bits per heavy atom. The van der Waals surface area contributed by atoms with Crippen LogP contribution in [0.5, 0.6) is 0 Å². The van der Waals surface area contributed by atoms with Gasteiger partial charge in [-0.3, -0.25) is 0 Å². The molecule has 0 saturated carbocycles. The molecule has 0 aromatic rings. The number of rotatable bonds is 8. The van der Waals surface area contributed by atoms with Crippen molar-refractivity contribution < 1.29 is 23.8 Å². The van der Waals surface area contributed by atoms with Crippen molar-refractivity contribution >= 4 is 11.9 Å². The van der Waals surface area contributed by atoms with Crippen molar-refractivity contribution in [3.63, 3.8) is 0 Å². The van der Waals surface area contributed by atoms with Gasteiger partial charge in [-0.05, 0) is 26.8 Å². The van der Waals surface area contributed by atoms with E-state index in [9.17, 15) is 9.59 Å². The fourth-order valence-electron chi connectivity index (χ4n) is 0.899. The van der Waals surface area contributed by atoms with Gasteiger partial charge in [0.15, 0.2) is 0 Å². The third-order valence-corrected chi connectivity index (χ3v) is 1.97. The maximum absolute atomic E-state index is 11.2. The molecule has 5 heteroatoms. The highest BCUT2D eigenvalue weighted by Crippen LogP contribution is 2.01. The summed E-state index contributed by atoms with van der Waals surface area (Å²) in [5.41, 5.74) is 0.660. The van der Waals surface area contributed by atoms with E-state index in [1.807, 2.05) is 0 Å². The molecule has 0 aliphatic heterocycles. The van der Waals surface area contributed by atoms with Crippen LogP contribution in [0.25, 0.3) is 0 Å². The molecule has 0 unspecified atom stereocenters. The zero-order chi connectivity index (χ0) is 14.8. The number of carbonyl (C=O) groups is 2. The highest BCUT2D eigenvalue weighted by atomic mass is 16.6. The largest absolute Gasteiger partial charge is 0.491 e. The van der Waals surface area contributed by atoms with Gasteiger partial charge in [0, 0.05) is 11.1 Å². The normalized spacial score (nSPS) is 10.6. The van der Waals surface area contributed by atoms with Gasteiger partial charge >= 0.3 is 11.9 Å². The summed E-state index contributed by atoms with van der Waals surface area (Å²) in [5.74, 6) is -0.447. The first-order valence-electron chi connectivity index (χ1n) is 5.81. The summed E-state index contributed by atoms with van der Waals surface area (Å²) in [7, 11) is 0. The van der Waals surface area contributed by atoms with Crippen molar-refractivity contribution in [1.82, 2.24) is 0 Å². The fraction of sp³-hybridized carbons (Fsp3) is 0.429. The summed E-state index contributed by atoms with van der Waals surface area (Å²) < 4.78 is 15.1. The van der Waals surface area contributed by atoms with Crippen molar-refractivity contribution in [2.75, 3.05) is 19.8 Å². The van der Waals surface area contributed by atoms with Crippen molar-refractivity contribution in [2.24, 2.45) is 0 Å². The molecular formula is C14H20O5. The molecule has 0 aliphatic rings. The lowest BCUT2D eigenvalue weighted by atomic mass is 10.4. The van der Waals surface area contributed by atoms with E-state index in [0.717, 1.165) is 0 Å². The van der Waals surface area contributed by atoms with Gasteiger partial charge in [0.2, 0.25) is 0 Å². The minimum atomic E-state index is -0.475. The standard InChI is InChI=1S/C14H20O5/c1-6-12(9-19-14(16)11(4)5)17-7-8-18-13(15)10(2)3/h6H,2,4,7-9H2,1,3,5H3. The maximum Gasteiger partial charge on any atom is 0.333 e. The quantitative estimate of drug-likeness (QED) is 0.292. The van der Waals surface area contributed by atoms with E-state index in [4.69, 9.17) is 14.2 Å². The van der Waals surface area contributed by atoms with Crippen LogP contribution in [-0.2, 0) is 23.8 Å². The molecule has 106 valence electrons. The molecule has 0 aliphatic carbocycles. The summed E-state index contributed by atoms with van der Waals surface area (Å²) in [6.07, 6.45) is 1.67. The second kappa shape index (κ2) is 8.97. The molecule has 0 spiro atoms. The lowest BCUT2D eigenvalue weighted by Gasteiger charge is -2.11. The average Bonchev–Trinajstić information content (AvgIpc) is 2.36. The van der Waals surface area contributed by atoms with Crippen LogP contribution in [0.1, 0.15) is 20.8 Å². The first kappa shape index (κ1) is 17.0. The summed E-state index contributed by atoms with van der Waals surface area (Å²) in [6.45, 7) is 12.1. The predicted octanol–water partition coefficient (Wildman–Crippen LogP) is 2.15. The van der Waals surface area contributed by atoms with E-state index in [1.54, 1.807) is 26.8 Å². The van der Waals surface area contributed by atoms with Crippen LogP contribution in [-0.4, -0.2) is 31.8 Å². The predicted molar refractivity (Wildman–Crippen MR) is 71.3 cm³/mol.